The number of likely N-dealkylation sites (tertiary alicyclic amines) is 1. The van der Waals surface area contributed by atoms with Crippen LogP contribution in [-0.2, 0) is 0 Å². The molecule has 1 saturated carbocycles. The van der Waals surface area contributed by atoms with Crippen molar-refractivity contribution in [3.63, 3.8) is 0 Å². The first kappa shape index (κ1) is 18.0. The van der Waals surface area contributed by atoms with Crippen molar-refractivity contribution in [1.29, 1.82) is 0 Å². The zero-order valence-electron chi connectivity index (χ0n) is 13.0. The van der Waals surface area contributed by atoms with Crippen molar-refractivity contribution in [2.75, 3.05) is 32.7 Å². The summed E-state index contributed by atoms with van der Waals surface area (Å²) in [5.41, 5.74) is 0. The molecule has 0 unspecified atom stereocenters. The molecule has 0 bridgehead atoms. The molecule has 118 valence electrons. The van der Waals surface area contributed by atoms with Crippen LogP contribution >= 0.6 is 24.0 Å². The van der Waals surface area contributed by atoms with Crippen LogP contribution in [0.3, 0.4) is 0 Å². The monoisotopic (exact) mass is 394 g/mol. The topological polar surface area (TPSA) is 39.7 Å². The Bertz CT molecular complexity index is 284. The van der Waals surface area contributed by atoms with Crippen molar-refractivity contribution in [2.24, 2.45) is 10.9 Å². The van der Waals surface area contributed by atoms with Crippen LogP contribution in [0.15, 0.2) is 4.99 Å². The van der Waals surface area contributed by atoms with Crippen LogP contribution < -0.4 is 10.6 Å². The zero-order chi connectivity index (χ0) is 13.5. The molecule has 0 aromatic rings. The lowest BCUT2D eigenvalue weighted by Crippen LogP contribution is -2.39. The fourth-order valence-electron chi connectivity index (χ4n) is 2.67. The zero-order valence-corrected chi connectivity index (χ0v) is 15.4. The molecule has 1 saturated heterocycles. The minimum atomic E-state index is 0. The second-order valence-corrected chi connectivity index (χ2v) is 5.92. The molecule has 0 aromatic heterocycles. The lowest BCUT2D eigenvalue weighted by atomic mass is 9.97. The largest absolute Gasteiger partial charge is 0.357 e. The molecule has 0 aromatic carbocycles. The SMILES string of the molecule is CCCN1CCC(CN=C(NCC)NC2CC2)CC1.I. The first-order valence-corrected chi connectivity index (χ1v) is 8.09. The lowest BCUT2D eigenvalue weighted by molar-refractivity contribution is 0.188. The van der Waals surface area contributed by atoms with Crippen LogP contribution in [0.1, 0.15) is 46.0 Å². The van der Waals surface area contributed by atoms with Gasteiger partial charge in [0.05, 0.1) is 0 Å². The van der Waals surface area contributed by atoms with Crippen molar-refractivity contribution >= 4 is 29.9 Å². The maximum absolute atomic E-state index is 4.76. The number of aliphatic imine (C=N–C) groups is 1. The minimum absolute atomic E-state index is 0. The van der Waals surface area contributed by atoms with Gasteiger partial charge >= 0.3 is 0 Å². The van der Waals surface area contributed by atoms with E-state index in [9.17, 15) is 0 Å². The summed E-state index contributed by atoms with van der Waals surface area (Å²) in [6.45, 7) is 10.1. The Morgan fingerprint density at radius 1 is 1.15 bits per heavy atom. The number of nitrogens with zero attached hydrogens (tertiary/aromatic N) is 2. The smallest absolute Gasteiger partial charge is 0.191 e. The van der Waals surface area contributed by atoms with Gasteiger partial charge in [0.2, 0.25) is 0 Å². The highest BCUT2D eigenvalue weighted by molar-refractivity contribution is 14.0. The third-order valence-corrected chi connectivity index (χ3v) is 4.02. The van der Waals surface area contributed by atoms with Crippen molar-refractivity contribution in [2.45, 2.75) is 52.0 Å². The van der Waals surface area contributed by atoms with Gasteiger partial charge in [-0.05, 0) is 64.6 Å². The van der Waals surface area contributed by atoms with Gasteiger partial charge in [0.1, 0.15) is 0 Å². The Labute approximate surface area is 141 Å². The van der Waals surface area contributed by atoms with Crippen LogP contribution in [0, 0.1) is 5.92 Å². The van der Waals surface area contributed by atoms with Gasteiger partial charge in [-0.2, -0.15) is 0 Å². The molecule has 0 atom stereocenters. The number of guanidine groups is 1. The number of nitrogens with one attached hydrogen (secondary N) is 2. The highest BCUT2D eigenvalue weighted by Crippen LogP contribution is 2.19. The third-order valence-electron chi connectivity index (χ3n) is 4.02. The maximum atomic E-state index is 4.76. The molecule has 0 radical (unpaired) electrons. The highest BCUT2D eigenvalue weighted by atomic mass is 127. The van der Waals surface area contributed by atoms with Crippen molar-refractivity contribution in [1.82, 2.24) is 15.5 Å². The minimum Gasteiger partial charge on any atom is -0.357 e. The average Bonchev–Trinajstić information content (AvgIpc) is 3.22. The molecule has 2 fully saturated rings. The van der Waals surface area contributed by atoms with E-state index < -0.39 is 0 Å². The summed E-state index contributed by atoms with van der Waals surface area (Å²) in [5.74, 6) is 1.81. The third kappa shape index (κ3) is 6.61. The lowest BCUT2D eigenvalue weighted by Gasteiger charge is -2.31. The van der Waals surface area contributed by atoms with E-state index in [1.54, 1.807) is 0 Å². The summed E-state index contributed by atoms with van der Waals surface area (Å²) >= 11 is 0. The Balaban J connectivity index is 0.00000200. The summed E-state index contributed by atoms with van der Waals surface area (Å²) in [6.07, 6.45) is 6.51. The summed E-state index contributed by atoms with van der Waals surface area (Å²) in [5, 5.41) is 6.84. The van der Waals surface area contributed by atoms with E-state index in [1.165, 1.54) is 51.7 Å². The molecular formula is C15H31IN4. The first-order chi connectivity index (χ1) is 9.31. The number of hydrogen-bond acceptors (Lipinski definition) is 2. The molecule has 1 heterocycles. The Hall–Kier alpha value is -0.0400. The quantitative estimate of drug-likeness (QED) is 0.413. The van der Waals surface area contributed by atoms with Crippen molar-refractivity contribution in [3.05, 3.63) is 0 Å². The van der Waals surface area contributed by atoms with Crippen LogP contribution in [0.25, 0.3) is 0 Å². The number of rotatable bonds is 6. The Morgan fingerprint density at radius 2 is 1.85 bits per heavy atom. The molecule has 20 heavy (non-hydrogen) atoms. The van der Waals surface area contributed by atoms with Gasteiger partial charge in [-0.3, -0.25) is 4.99 Å². The highest BCUT2D eigenvalue weighted by Gasteiger charge is 2.23. The average molecular weight is 394 g/mol. The summed E-state index contributed by atoms with van der Waals surface area (Å²) in [7, 11) is 0. The predicted molar refractivity (Wildman–Crippen MR) is 97.0 cm³/mol. The van der Waals surface area contributed by atoms with Gasteiger partial charge in [0.25, 0.3) is 0 Å². The first-order valence-electron chi connectivity index (χ1n) is 8.09. The van der Waals surface area contributed by atoms with Gasteiger partial charge in [-0.15, -0.1) is 24.0 Å². The number of piperidine rings is 1. The van der Waals surface area contributed by atoms with Crippen LogP contribution in [-0.4, -0.2) is 49.6 Å². The summed E-state index contributed by atoms with van der Waals surface area (Å²) < 4.78 is 0. The van der Waals surface area contributed by atoms with Gasteiger partial charge in [-0.25, -0.2) is 0 Å². The molecule has 4 nitrogen and oxygen atoms in total. The fraction of sp³-hybridized carbons (Fsp3) is 0.933. The molecule has 0 amide bonds. The Kier molecular flexibility index (Phi) is 8.84. The molecule has 1 aliphatic carbocycles. The standard InChI is InChI=1S/C15H30N4.HI/c1-3-9-19-10-7-13(8-11-19)12-17-15(16-4-2)18-14-5-6-14;/h13-14H,3-12H2,1-2H3,(H2,16,17,18);1H. The summed E-state index contributed by atoms with van der Waals surface area (Å²) in [4.78, 5) is 7.36. The maximum Gasteiger partial charge on any atom is 0.191 e. The normalized spacial score (nSPS) is 21.4. The second kappa shape index (κ2) is 9.82. The van der Waals surface area contributed by atoms with Gasteiger partial charge in [0.15, 0.2) is 5.96 Å². The van der Waals surface area contributed by atoms with Gasteiger partial charge in [0, 0.05) is 19.1 Å². The molecule has 5 heteroatoms. The number of hydrogen-bond donors (Lipinski definition) is 2. The van der Waals surface area contributed by atoms with Crippen LogP contribution in [0.4, 0.5) is 0 Å². The van der Waals surface area contributed by atoms with Crippen molar-refractivity contribution in [3.8, 4) is 0 Å². The molecular weight excluding hydrogens is 363 g/mol. The van der Waals surface area contributed by atoms with Crippen LogP contribution in [0.5, 0.6) is 0 Å². The van der Waals surface area contributed by atoms with Gasteiger partial charge in [-0.1, -0.05) is 6.92 Å². The molecule has 2 N–H and O–H groups in total. The second-order valence-electron chi connectivity index (χ2n) is 5.92. The van der Waals surface area contributed by atoms with E-state index in [2.05, 4.69) is 29.4 Å². The van der Waals surface area contributed by atoms with Crippen molar-refractivity contribution < 1.29 is 0 Å². The fourth-order valence-corrected chi connectivity index (χ4v) is 2.67. The van der Waals surface area contributed by atoms with E-state index in [-0.39, 0.29) is 24.0 Å². The van der Waals surface area contributed by atoms with E-state index >= 15 is 0 Å². The van der Waals surface area contributed by atoms with E-state index in [0.29, 0.717) is 6.04 Å². The summed E-state index contributed by atoms with van der Waals surface area (Å²) in [6, 6.07) is 0.684. The molecule has 0 spiro atoms. The Morgan fingerprint density at radius 3 is 2.40 bits per heavy atom. The number of halogens is 1. The van der Waals surface area contributed by atoms with E-state index in [0.717, 1.165) is 25.0 Å². The predicted octanol–water partition coefficient (Wildman–Crippen LogP) is 2.44. The molecule has 1 aliphatic heterocycles. The molecule has 2 aliphatic rings. The van der Waals surface area contributed by atoms with Gasteiger partial charge < -0.3 is 15.5 Å². The van der Waals surface area contributed by atoms with E-state index in [1.807, 2.05) is 0 Å². The van der Waals surface area contributed by atoms with E-state index in [4.69, 9.17) is 4.99 Å². The van der Waals surface area contributed by atoms with Crippen LogP contribution in [0.2, 0.25) is 0 Å². The molecule has 2 rings (SSSR count).